The minimum atomic E-state index is -1.19. The van der Waals surface area contributed by atoms with Gasteiger partial charge in [0.25, 0.3) is 0 Å². The molecule has 2 heterocycles. The summed E-state index contributed by atoms with van der Waals surface area (Å²) in [5, 5.41) is 22.2. The number of halogens is 2. The predicted octanol–water partition coefficient (Wildman–Crippen LogP) is 5.29. The Bertz CT molecular complexity index is 1390. The molecule has 4 N–H and O–H groups in total. The molecule has 0 aliphatic rings. The van der Waals surface area contributed by atoms with E-state index >= 15 is 0 Å². The van der Waals surface area contributed by atoms with Crippen molar-refractivity contribution in [1.82, 2.24) is 14.8 Å². The van der Waals surface area contributed by atoms with Crippen LogP contribution in [0.25, 0.3) is 10.4 Å². The Balaban J connectivity index is 1.40. The zero-order chi connectivity index (χ0) is 24.9. The highest BCUT2D eigenvalue weighted by atomic mass is 35.5. The summed E-state index contributed by atoms with van der Waals surface area (Å²) >= 11 is 13.1. The molecule has 4 aromatic rings. The van der Waals surface area contributed by atoms with E-state index in [0.717, 1.165) is 11.3 Å². The second-order valence-electron chi connectivity index (χ2n) is 7.09. The van der Waals surface area contributed by atoms with Gasteiger partial charge >= 0.3 is 12.0 Å². The van der Waals surface area contributed by atoms with Crippen molar-refractivity contribution in [3.8, 4) is 10.4 Å². The minimum Gasteiger partial charge on any atom is -0.478 e. The first kappa shape index (κ1) is 24.2. The summed E-state index contributed by atoms with van der Waals surface area (Å²) in [5.41, 5.74) is 1.58. The number of carboxylic acid groups (broad SMARTS) is 1. The van der Waals surface area contributed by atoms with Crippen molar-refractivity contribution in [3.05, 3.63) is 76.8 Å². The summed E-state index contributed by atoms with van der Waals surface area (Å²) in [7, 11) is 0. The van der Waals surface area contributed by atoms with Gasteiger partial charge in [-0.3, -0.25) is 10.1 Å². The number of aromatic nitrogens is 3. The van der Waals surface area contributed by atoms with Crippen molar-refractivity contribution >= 4 is 68.8 Å². The van der Waals surface area contributed by atoms with Crippen molar-refractivity contribution in [2.24, 2.45) is 0 Å². The molecule has 0 fully saturated rings. The number of urea groups is 1. The van der Waals surface area contributed by atoms with Crippen molar-refractivity contribution in [2.75, 3.05) is 16.0 Å². The number of carbonyl (C=O) groups excluding carboxylic acids is 2. The number of hydrogen-bond donors (Lipinski definition) is 4. The van der Waals surface area contributed by atoms with E-state index in [9.17, 15) is 19.5 Å². The third kappa shape index (κ3) is 6.15. The zero-order valence-electron chi connectivity index (χ0n) is 17.7. The molecular formula is C22H16Cl2N6O4S. The van der Waals surface area contributed by atoms with Crippen LogP contribution in [0.2, 0.25) is 10.0 Å². The molecule has 0 saturated carbocycles. The minimum absolute atomic E-state index is 0.0132. The number of carbonyl (C=O) groups is 3. The largest absolute Gasteiger partial charge is 0.478 e. The number of carboxylic acids is 1. The third-order valence-corrected chi connectivity index (χ3v) is 6.43. The van der Waals surface area contributed by atoms with Gasteiger partial charge in [0.15, 0.2) is 0 Å². The average Bonchev–Trinajstić information content (AvgIpc) is 3.47. The van der Waals surface area contributed by atoms with Gasteiger partial charge in [-0.15, -0.1) is 11.3 Å². The Morgan fingerprint density at radius 3 is 2.29 bits per heavy atom. The number of rotatable bonds is 7. The first-order chi connectivity index (χ1) is 16.8. The van der Waals surface area contributed by atoms with Crippen molar-refractivity contribution in [2.45, 2.75) is 6.54 Å². The van der Waals surface area contributed by atoms with Crippen LogP contribution in [0, 0.1) is 0 Å². The van der Waals surface area contributed by atoms with E-state index in [1.54, 1.807) is 42.5 Å². The average molecular weight is 531 g/mol. The quantitative estimate of drug-likeness (QED) is 0.256. The lowest BCUT2D eigenvalue weighted by Gasteiger charge is -2.09. The fraction of sp³-hybridized carbons (Fsp3) is 0.0455. The van der Waals surface area contributed by atoms with Gasteiger partial charge in [-0.25, -0.2) is 19.3 Å². The Hall–Kier alpha value is -3.93. The van der Waals surface area contributed by atoms with Gasteiger partial charge in [-0.05, 0) is 48.0 Å². The zero-order valence-corrected chi connectivity index (χ0v) is 20.0. The maximum absolute atomic E-state index is 12.5. The third-order valence-electron chi connectivity index (χ3n) is 4.59. The number of benzene rings is 2. The summed E-state index contributed by atoms with van der Waals surface area (Å²) in [4.78, 5) is 40.6. The van der Waals surface area contributed by atoms with E-state index < -0.39 is 12.0 Å². The van der Waals surface area contributed by atoms with Crippen LogP contribution in [0.3, 0.4) is 0 Å². The van der Waals surface area contributed by atoms with Gasteiger partial charge in [0.05, 0.1) is 15.6 Å². The van der Waals surface area contributed by atoms with E-state index in [1.165, 1.54) is 23.4 Å². The van der Waals surface area contributed by atoms with Crippen molar-refractivity contribution in [3.63, 3.8) is 0 Å². The van der Waals surface area contributed by atoms with Gasteiger partial charge < -0.3 is 15.7 Å². The molecule has 0 atom stereocenters. The lowest BCUT2D eigenvalue weighted by molar-refractivity contribution is -0.116. The van der Waals surface area contributed by atoms with Gasteiger partial charge in [-0.1, -0.05) is 29.3 Å². The van der Waals surface area contributed by atoms with E-state index in [4.69, 9.17) is 23.2 Å². The number of nitrogens with one attached hydrogen (secondary N) is 3. The van der Waals surface area contributed by atoms with Crippen LogP contribution in [0.1, 0.15) is 10.4 Å². The molecule has 0 bridgehead atoms. The van der Waals surface area contributed by atoms with Crippen LogP contribution >= 0.6 is 34.5 Å². The predicted molar refractivity (Wildman–Crippen MR) is 134 cm³/mol. The number of thiophene rings is 1. The van der Waals surface area contributed by atoms with E-state index in [1.807, 2.05) is 0 Å². The standard InChI is InChI=1S/C22H16Cl2N6O4S/c23-16-6-1-12(7-17(16)24)18-8-15(21(32)33)20(35-18)29-22(34)28-14-4-2-13(3-5-14)27-19(31)9-30-11-25-10-26-30/h1-8,10-11H,9H2,(H,27,31)(H,32,33)(H2,28,29,34). The van der Waals surface area contributed by atoms with Gasteiger partial charge in [0.1, 0.15) is 24.2 Å². The summed E-state index contributed by atoms with van der Waals surface area (Å²) in [5.74, 6) is -1.47. The molecule has 0 unspecified atom stereocenters. The molecule has 35 heavy (non-hydrogen) atoms. The Morgan fingerprint density at radius 2 is 1.66 bits per heavy atom. The maximum atomic E-state index is 12.5. The van der Waals surface area contributed by atoms with Crippen molar-refractivity contribution in [1.29, 1.82) is 0 Å². The highest BCUT2D eigenvalue weighted by Gasteiger charge is 2.19. The second kappa shape index (κ2) is 10.6. The first-order valence-electron chi connectivity index (χ1n) is 9.91. The molecule has 4 rings (SSSR count). The van der Waals surface area contributed by atoms with Gasteiger partial charge in [0, 0.05) is 16.3 Å². The molecule has 178 valence electrons. The Labute approximate surface area is 212 Å². The molecule has 3 amide bonds. The number of aromatic carboxylic acids is 1. The summed E-state index contributed by atoms with van der Waals surface area (Å²) in [6, 6.07) is 12.2. The Morgan fingerprint density at radius 1 is 0.943 bits per heavy atom. The van der Waals surface area contributed by atoms with Crippen LogP contribution in [-0.2, 0) is 11.3 Å². The number of amides is 3. The molecule has 0 saturated heterocycles. The summed E-state index contributed by atoms with van der Waals surface area (Å²) in [6.45, 7) is 0.0132. The molecule has 2 aromatic carbocycles. The molecule has 10 nitrogen and oxygen atoms in total. The van der Waals surface area contributed by atoms with Crippen molar-refractivity contribution < 1.29 is 19.5 Å². The molecule has 0 spiro atoms. The van der Waals surface area contributed by atoms with Crippen LogP contribution in [0.15, 0.2) is 61.2 Å². The van der Waals surface area contributed by atoms with E-state index in [0.29, 0.717) is 31.9 Å². The SMILES string of the molecule is O=C(Cn1cncn1)Nc1ccc(NC(=O)Nc2sc(-c3ccc(Cl)c(Cl)c3)cc2C(=O)O)cc1. The normalized spacial score (nSPS) is 10.6. The molecule has 0 radical (unpaired) electrons. The highest BCUT2D eigenvalue weighted by molar-refractivity contribution is 7.20. The topological polar surface area (TPSA) is 138 Å². The van der Waals surface area contributed by atoms with Crippen LogP contribution in [0.4, 0.5) is 21.2 Å². The Kier molecular flexibility index (Phi) is 7.30. The fourth-order valence-electron chi connectivity index (χ4n) is 3.00. The van der Waals surface area contributed by atoms with Crippen LogP contribution in [0.5, 0.6) is 0 Å². The molecule has 0 aliphatic carbocycles. The molecular weight excluding hydrogens is 515 g/mol. The maximum Gasteiger partial charge on any atom is 0.338 e. The molecule has 0 aliphatic heterocycles. The van der Waals surface area contributed by atoms with Crippen LogP contribution < -0.4 is 16.0 Å². The summed E-state index contributed by atoms with van der Waals surface area (Å²) in [6.07, 6.45) is 2.77. The lowest BCUT2D eigenvalue weighted by atomic mass is 10.1. The number of anilines is 3. The summed E-state index contributed by atoms with van der Waals surface area (Å²) < 4.78 is 1.39. The monoisotopic (exact) mass is 530 g/mol. The smallest absolute Gasteiger partial charge is 0.338 e. The highest BCUT2D eigenvalue weighted by Crippen LogP contribution is 2.37. The van der Waals surface area contributed by atoms with Gasteiger partial charge in [0.2, 0.25) is 5.91 Å². The molecule has 2 aromatic heterocycles. The first-order valence-corrected chi connectivity index (χ1v) is 11.5. The van der Waals surface area contributed by atoms with Gasteiger partial charge in [-0.2, -0.15) is 5.10 Å². The lowest BCUT2D eigenvalue weighted by Crippen LogP contribution is -2.20. The van der Waals surface area contributed by atoms with E-state index in [2.05, 4.69) is 26.0 Å². The second-order valence-corrected chi connectivity index (χ2v) is 8.95. The number of hydrogen-bond acceptors (Lipinski definition) is 6. The van der Waals surface area contributed by atoms with Crippen LogP contribution in [-0.4, -0.2) is 37.8 Å². The molecule has 13 heteroatoms. The number of nitrogens with zero attached hydrogens (tertiary/aromatic N) is 3. The van der Waals surface area contributed by atoms with E-state index in [-0.39, 0.29) is 23.0 Å². The fourth-order valence-corrected chi connectivity index (χ4v) is 4.34.